The van der Waals surface area contributed by atoms with Crippen molar-refractivity contribution in [1.82, 2.24) is 20.1 Å². The summed E-state index contributed by atoms with van der Waals surface area (Å²) in [5.74, 6) is 1.64. The minimum atomic E-state index is -0.0163. The van der Waals surface area contributed by atoms with Crippen LogP contribution in [0.2, 0.25) is 0 Å². The van der Waals surface area contributed by atoms with Gasteiger partial charge in [-0.25, -0.2) is 0 Å². The van der Waals surface area contributed by atoms with Gasteiger partial charge in [0.15, 0.2) is 0 Å². The number of amides is 1. The highest BCUT2D eigenvalue weighted by Crippen LogP contribution is 2.40. The molecule has 5 rings (SSSR count). The van der Waals surface area contributed by atoms with Crippen LogP contribution in [0.3, 0.4) is 0 Å². The van der Waals surface area contributed by atoms with Crippen LogP contribution in [0.1, 0.15) is 60.9 Å². The normalized spacial score (nSPS) is 23.2. The minimum Gasteiger partial charge on any atom is -0.349 e. The second kappa shape index (κ2) is 9.04. The second-order valence-electron chi connectivity index (χ2n) is 9.10. The predicted molar refractivity (Wildman–Crippen MR) is 122 cm³/mol. The molecule has 31 heavy (non-hydrogen) atoms. The number of pyridine rings is 1. The summed E-state index contributed by atoms with van der Waals surface area (Å²) in [5, 5.41) is 8.11. The zero-order valence-corrected chi connectivity index (χ0v) is 17.9. The number of benzene rings is 1. The standard InChI is InChI=1S/C26H30N4O/c31-26(28-23-13-12-20-9-4-5-10-21(20)15-23)24-18-30(17-19-7-2-1-3-8-19)29-25(24)22-11-6-14-27-16-22/h1-3,6-8,11,14,16,18,20-21,23H,4-5,9-10,12-13,15,17H2,(H,28,31)/t20-,21+,23-/m1/s1. The lowest BCUT2D eigenvalue weighted by Gasteiger charge is -2.39. The summed E-state index contributed by atoms with van der Waals surface area (Å²) in [6.07, 6.45) is 14.3. The molecule has 1 amide bonds. The van der Waals surface area contributed by atoms with E-state index in [-0.39, 0.29) is 11.9 Å². The van der Waals surface area contributed by atoms with Crippen molar-refractivity contribution in [2.75, 3.05) is 0 Å². The number of fused-ring (bicyclic) bond motifs is 1. The first kappa shape index (κ1) is 20.0. The third-order valence-electron chi connectivity index (χ3n) is 7.00. The van der Waals surface area contributed by atoms with E-state index in [0.29, 0.717) is 17.8 Å². The Bertz CT molecular complexity index is 1010. The van der Waals surface area contributed by atoms with E-state index in [0.717, 1.165) is 35.8 Å². The monoisotopic (exact) mass is 414 g/mol. The third kappa shape index (κ3) is 4.55. The summed E-state index contributed by atoms with van der Waals surface area (Å²) >= 11 is 0. The van der Waals surface area contributed by atoms with Crippen molar-refractivity contribution in [2.45, 2.75) is 57.5 Å². The molecule has 2 heterocycles. The fraction of sp³-hybridized carbons (Fsp3) is 0.423. The SMILES string of the molecule is O=C(N[C@@H]1CC[C@H]2CCCC[C@H]2C1)c1cn(Cc2ccccc2)nc1-c1cccnc1. The number of carbonyl (C=O) groups excluding carboxylic acids is 1. The van der Waals surface area contributed by atoms with Gasteiger partial charge in [-0.05, 0) is 48.8 Å². The molecule has 2 aromatic heterocycles. The first-order valence-corrected chi connectivity index (χ1v) is 11.6. The van der Waals surface area contributed by atoms with Crippen LogP contribution in [-0.2, 0) is 6.54 Å². The van der Waals surface area contributed by atoms with E-state index in [1.807, 2.05) is 41.2 Å². The van der Waals surface area contributed by atoms with Gasteiger partial charge in [0.1, 0.15) is 5.69 Å². The summed E-state index contributed by atoms with van der Waals surface area (Å²) in [5.41, 5.74) is 3.36. The van der Waals surface area contributed by atoms with Gasteiger partial charge in [0.25, 0.3) is 5.91 Å². The highest BCUT2D eigenvalue weighted by atomic mass is 16.1. The zero-order valence-electron chi connectivity index (χ0n) is 17.9. The molecular formula is C26H30N4O. The Labute approximate surface area is 183 Å². The largest absolute Gasteiger partial charge is 0.349 e. The average Bonchev–Trinajstić information content (AvgIpc) is 3.24. The number of aromatic nitrogens is 3. The first-order valence-electron chi connectivity index (χ1n) is 11.6. The van der Waals surface area contributed by atoms with Crippen molar-refractivity contribution >= 4 is 5.91 Å². The van der Waals surface area contributed by atoms with Crippen LogP contribution in [0, 0.1) is 11.8 Å². The first-order chi connectivity index (χ1) is 15.3. The third-order valence-corrected chi connectivity index (χ3v) is 7.00. The fourth-order valence-electron chi connectivity index (χ4n) is 5.42. The molecule has 2 aliphatic carbocycles. The van der Waals surface area contributed by atoms with Crippen LogP contribution in [0.4, 0.5) is 0 Å². The van der Waals surface area contributed by atoms with Crippen molar-refractivity contribution in [3.05, 3.63) is 72.2 Å². The molecule has 3 aromatic rings. The van der Waals surface area contributed by atoms with Gasteiger partial charge in [0.05, 0.1) is 12.1 Å². The molecular weight excluding hydrogens is 384 g/mol. The molecule has 1 N–H and O–H groups in total. The lowest BCUT2D eigenvalue weighted by atomic mass is 9.69. The summed E-state index contributed by atoms with van der Waals surface area (Å²) in [6, 6.07) is 14.3. The Morgan fingerprint density at radius 1 is 1.00 bits per heavy atom. The number of carbonyl (C=O) groups is 1. The van der Waals surface area contributed by atoms with Crippen molar-refractivity contribution in [3.8, 4) is 11.3 Å². The van der Waals surface area contributed by atoms with E-state index in [2.05, 4.69) is 22.4 Å². The average molecular weight is 415 g/mol. The molecule has 160 valence electrons. The lowest BCUT2D eigenvalue weighted by Crippen LogP contribution is -2.41. The minimum absolute atomic E-state index is 0.0163. The summed E-state index contributed by atoms with van der Waals surface area (Å²) < 4.78 is 1.87. The maximum Gasteiger partial charge on any atom is 0.255 e. The molecule has 0 radical (unpaired) electrons. The number of rotatable bonds is 5. The topological polar surface area (TPSA) is 59.8 Å². The molecule has 2 saturated carbocycles. The molecule has 0 unspecified atom stereocenters. The van der Waals surface area contributed by atoms with Gasteiger partial charge in [0.2, 0.25) is 0 Å². The second-order valence-corrected chi connectivity index (χ2v) is 9.10. The van der Waals surface area contributed by atoms with E-state index in [4.69, 9.17) is 5.10 Å². The zero-order chi connectivity index (χ0) is 21.0. The van der Waals surface area contributed by atoms with Crippen LogP contribution in [0.25, 0.3) is 11.3 Å². The highest BCUT2D eigenvalue weighted by Gasteiger charge is 2.33. The smallest absolute Gasteiger partial charge is 0.255 e. The van der Waals surface area contributed by atoms with Crippen molar-refractivity contribution in [2.24, 2.45) is 11.8 Å². The van der Waals surface area contributed by atoms with Crippen molar-refractivity contribution in [3.63, 3.8) is 0 Å². The van der Waals surface area contributed by atoms with Crippen LogP contribution in [0.5, 0.6) is 0 Å². The maximum absolute atomic E-state index is 13.3. The molecule has 1 aromatic carbocycles. The van der Waals surface area contributed by atoms with Crippen molar-refractivity contribution in [1.29, 1.82) is 0 Å². The molecule has 5 nitrogen and oxygen atoms in total. The number of nitrogens with one attached hydrogen (secondary N) is 1. The molecule has 2 aliphatic rings. The van der Waals surface area contributed by atoms with Gasteiger partial charge in [-0.15, -0.1) is 0 Å². The molecule has 0 spiro atoms. The fourth-order valence-corrected chi connectivity index (χ4v) is 5.42. The van der Waals surface area contributed by atoms with Gasteiger partial charge in [-0.2, -0.15) is 5.10 Å². The van der Waals surface area contributed by atoms with E-state index < -0.39 is 0 Å². The van der Waals surface area contributed by atoms with Crippen LogP contribution < -0.4 is 5.32 Å². The van der Waals surface area contributed by atoms with Gasteiger partial charge < -0.3 is 5.32 Å². The van der Waals surface area contributed by atoms with Crippen LogP contribution in [0.15, 0.2) is 61.1 Å². The molecule has 5 heteroatoms. The maximum atomic E-state index is 13.3. The quantitative estimate of drug-likeness (QED) is 0.633. The van der Waals surface area contributed by atoms with Crippen molar-refractivity contribution < 1.29 is 4.79 Å². The lowest BCUT2D eigenvalue weighted by molar-refractivity contribution is 0.0880. The number of hydrogen-bond donors (Lipinski definition) is 1. The Morgan fingerprint density at radius 3 is 2.65 bits per heavy atom. The van der Waals surface area contributed by atoms with Crippen LogP contribution >= 0.6 is 0 Å². The summed E-state index contributed by atoms with van der Waals surface area (Å²) in [7, 11) is 0. The van der Waals surface area contributed by atoms with Gasteiger partial charge in [0, 0.05) is 30.2 Å². The van der Waals surface area contributed by atoms with Gasteiger partial charge in [-0.1, -0.05) is 56.0 Å². The molecule has 0 bridgehead atoms. The van der Waals surface area contributed by atoms with Gasteiger partial charge in [-0.3, -0.25) is 14.5 Å². The van der Waals surface area contributed by atoms with Crippen LogP contribution in [-0.4, -0.2) is 26.7 Å². The number of hydrogen-bond acceptors (Lipinski definition) is 3. The van der Waals surface area contributed by atoms with E-state index in [1.165, 1.54) is 32.1 Å². The Kier molecular flexibility index (Phi) is 5.83. The Hall–Kier alpha value is -2.95. The molecule has 0 aliphatic heterocycles. The summed E-state index contributed by atoms with van der Waals surface area (Å²) in [6.45, 7) is 0.633. The summed E-state index contributed by atoms with van der Waals surface area (Å²) in [4.78, 5) is 17.6. The highest BCUT2D eigenvalue weighted by molar-refractivity contribution is 5.99. The van der Waals surface area contributed by atoms with E-state index in [9.17, 15) is 4.79 Å². The predicted octanol–water partition coefficient (Wildman–Crippen LogP) is 5.08. The molecule has 2 fully saturated rings. The van der Waals surface area contributed by atoms with E-state index in [1.54, 1.807) is 12.4 Å². The van der Waals surface area contributed by atoms with Gasteiger partial charge >= 0.3 is 0 Å². The van der Waals surface area contributed by atoms with E-state index >= 15 is 0 Å². The Morgan fingerprint density at radius 2 is 1.84 bits per heavy atom. The Balaban J connectivity index is 1.37. The number of nitrogens with zero attached hydrogens (tertiary/aromatic N) is 3. The molecule has 0 saturated heterocycles. The molecule has 3 atom stereocenters.